The fourth-order valence-electron chi connectivity index (χ4n) is 6.03. The van der Waals surface area contributed by atoms with Crippen LogP contribution in [0.4, 0.5) is 0 Å². The molecule has 6 aromatic carbocycles. The predicted molar refractivity (Wildman–Crippen MR) is 163 cm³/mol. The van der Waals surface area contributed by atoms with Crippen molar-refractivity contribution in [3.05, 3.63) is 133 Å². The van der Waals surface area contributed by atoms with Crippen LogP contribution in [0.1, 0.15) is 26.3 Å². The lowest BCUT2D eigenvalue weighted by molar-refractivity contribution is 0.590. The summed E-state index contributed by atoms with van der Waals surface area (Å²) in [5.41, 5.74) is 14.4. The summed E-state index contributed by atoms with van der Waals surface area (Å²) in [6, 6.07) is 46.9. The van der Waals surface area contributed by atoms with Gasteiger partial charge in [-0.25, -0.2) is 0 Å². The van der Waals surface area contributed by atoms with E-state index in [1.165, 1.54) is 72.0 Å². The molecule has 6 aromatic rings. The Bertz CT molecular complexity index is 1830. The minimum atomic E-state index is 0.121. The molecule has 0 saturated carbocycles. The van der Waals surface area contributed by atoms with Crippen LogP contribution in [0, 0.1) is 0 Å². The molecule has 0 bridgehead atoms. The summed E-state index contributed by atoms with van der Waals surface area (Å²) in [6.45, 7) is 6.87. The molecule has 0 N–H and O–H groups in total. The van der Waals surface area contributed by atoms with Gasteiger partial charge >= 0.3 is 0 Å². The van der Waals surface area contributed by atoms with Crippen molar-refractivity contribution in [2.24, 2.45) is 0 Å². The summed E-state index contributed by atoms with van der Waals surface area (Å²) in [5, 5.41) is 2.69. The van der Waals surface area contributed by atoms with Gasteiger partial charge in [-0.2, -0.15) is 0 Å². The van der Waals surface area contributed by atoms with Crippen LogP contribution < -0.4 is 0 Å². The summed E-state index contributed by atoms with van der Waals surface area (Å²) in [5.74, 6) is 0. The molecule has 0 nitrogen and oxygen atoms in total. The van der Waals surface area contributed by atoms with Crippen molar-refractivity contribution >= 4 is 10.8 Å². The minimum Gasteiger partial charge on any atom is -0.0622 e. The SMILES string of the molecule is CC(C)(C)c1ccc2c(c1)-c1cccc3c(-c4ccccc4-c4cccc(-c5ccccc5)c4)ccc-2c13. The molecule has 0 fully saturated rings. The largest absolute Gasteiger partial charge is 0.0622 e. The predicted octanol–water partition coefficient (Wildman–Crippen LogP) is 10.8. The average Bonchev–Trinajstić information content (AvgIpc) is 3.28. The van der Waals surface area contributed by atoms with Crippen molar-refractivity contribution in [3.8, 4) is 55.6 Å². The first-order valence-corrected chi connectivity index (χ1v) is 13.5. The van der Waals surface area contributed by atoms with E-state index in [9.17, 15) is 0 Å². The Morgan fingerprint density at radius 1 is 0.368 bits per heavy atom. The monoisotopic (exact) mass is 486 g/mol. The van der Waals surface area contributed by atoms with Gasteiger partial charge in [-0.1, -0.05) is 136 Å². The molecule has 7 rings (SSSR count). The van der Waals surface area contributed by atoms with E-state index < -0.39 is 0 Å². The summed E-state index contributed by atoms with van der Waals surface area (Å²) in [7, 11) is 0. The summed E-state index contributed by atoms with van der Waals surface area (Å²) in [6.07, 6.45) is 0. The third-order valence-electron chi connectivity index (χ3n) is 8.00. The van der Waals surface area contributed by atoms with Gasteiger partial charge in [0.25, 0.3) is 0 Å². The van der Waals surface area contributed by atoms with E-state index in [-0.39, 0.29) is 5.41 Å². The van der Waals surface area contributed by atoms with E-state index >= 15 is 0 Å². The number of fused-ring (bicyclic) bond motifs is 3. The Labute approximate surface area is 225 Å². The van der Waals surface area contributed by atoms with Gasteiger partial charge in [0.2, 0.25) is 0 Å². The first-order chi connectivity index (χ1) is 18.5. The standard InChI is InChI=1S/C38H30/c1-38(2,3)28-19-20-32-35-22-21-31(33-17-10-18-34(37(33)35)36(32)24-28)30-16-8-7-15-29(30)27-14-9-13-26(23-27)25-11-5-4-6-12-25/h4-24H,1-3H3. The number of hydrogen-bond donors (Lipinski definition) is 0. The highest BCUT2D eigenvalue weighted by atomic mass is 14.3. The lowest BCUT2D eigenvalue weighted by atomic mass is 9.85. The Morgan fingerprint density at radius 2 is 0.947 bits per heavy atom. The molecule has 1 aliphatic carbocycles. The Morgan fingerprint density at radius 3 is 1.76 bits per heavy atom. The Balaban J connectivity index is 1.41. The molecule has 0 heteroatoms. The molecule has 0 radical (unpaired) electrons. The first-order valence-electron chi connectivity index (χ1n) is 13.5. The zero-order chi connectivity index (χ0) is 25.9. The van der Waals surface area contributed by atoms with Crippen LogP contribution in [-0.4, -0.2) is 0 Å². The molecule has 38 heavy (non-hydrogen) atoms. The van der Waals surface area contributed by atoms with Crippen LogP contribution in [0.15, 0.2) is 127 Å². The summed E-state index contributed by atoms with van der Waals surface area (Å²) < 4.78 is 0. The third kappa shape index (κ3) is 3.60. The maximum Gasteiger partial charge on any atom is -0.00201 e. The zero-order valence-electron chi connectivity index (χ0n) is 22.1. The molecule has 182 valence electrons. The van der Waals surface area contributed by atoms with Crippen LogP contribution >= 0.6 is 0 Å². The smallest absolute Gasteiger partial charge is 0.00201 e. The van der Waals surface area contributed by atoms with Gasteiger partial charge in [-0.05, 0) is 89.5 Å². The van der Waals surface area contributed by atoms with Crippen LogP contribution in [0.5, 0.6) is 0 Å². The minimum absolute atomic E-state index is 0.121. The second-order valence-corrected chi connectivity index (χ2v) is 11.4. The zero-order valence-corrected chi connectivity index (χ0v) is 22.1. The second kappa shape index (κ2) is 8.57. The molecule has 0 spiro atoms. The highest BCUT2D eigenvalue weighted by Gasteiger charge is 2.25. The topological polar surface area (TPSA) is 0 Å². The van der Waals surface area contributed by atoms with E-state index in [0.29, 0.717) is 0 Å². The lowest BCUT2D eigenvalue weighted by Crippen LogP contribution is -2.10. The summed E-state index contributed by atoms with van der Waals surface area (Å²) in [4.78, 5) is 0. The molecular weight excluding hydrogens is 456 g/mol. The highest BCUT2D eigenvalue weighted by molar-refractivity contribution is 6.19. The van der Waals surface area contributed by atoms with E-state index in [2.05, 4.69) is 148 Å². The van der Waals surface area contributed by atoms with E-state index in [4.69, 9.17) is 0 Å². The molecule has 0 saturated heterocycles. The van der Waals surface area contributed by atoms with Crippen molar-refractivity contribution < 1.29 is 0 Å². The molecule has 0 unspecified atom stereocenters. The van der Waals surface area contributed by atoms with Gasteiger partial charge in [0.1, 0.15) is 0 Å². The first kappa shape index (κ1) is 22.8. The molecule has 0 aromatic heterocycles. The van der Waals surface area contributed by atoms with Crippen LogP contribution in [-0.2, 0) is 5.41 Å². The maximum atomic E-state index is 2.41. The van der Waals surface area contributed by atoms with Gasteiger partial charge in [0.15, 0.2) is 0 Å². The van der Waals surface area contributed by atoms with Crippen molar-refractivity contribution in [2.75, 3.05) is 0 Å². The van der Waals surface area contributed by atoms with Gasteiger partial charge in [0, 0.05) is 0 Å². The third-order valence-corrected chi connectivity index (χ3v) is 8.00. The van der Waals surface area contributed by atoms with Crippen molar-refractivity contribution in [2.45, 2.75) is 26.2 Å². The average molecular weight is 487 g/mol. The van der Waals surface area contributed by atoms with Gasteiger partial charge in [-0.3, -0.25) is 0 Å². The van der Waals surface area contributed by atoms with E-state index in [1.807, 2.05) is 0 Å². The number of rotatable bonds is 3. The Kier molecular flexibility index (Phi) is 5.13. The van der Waals surface area contributed by atoms with E-state index in [1.54, 1.807) is 0 Å². The molecule has 0 amide bonds. The molecule has 1 aliphatic rings. The quantitative estimate of drug-likeness (QED) is 0.233. The fraction of sp³-hybridized carbons (Fsp3) is 0.105. The van der Waals surface area contributed by atoms with Crippen LogP contribution in [0.3, 0.4) is 0 Å². The summed E-state index contributed by atoms with van der Waals surface area (Å²) >= 11 is 0. The number of benzene rings is 6. The molecule has 0 heterocycles. The van der Waals surface area contributed by atoms with Crippen molar-refractivity contribution in [1.29, 1.82) is 0 Å². The van der Waals surface area contributed by atoms with Gasteiger partial charge in [-0.15, -0.1) is 0 Å². The Hall–Kier alpha value is -4.42. The molecule has 0 aliphatic heterocycles. The molecular formula is C38H30. The molecule has 0 atom stereocenters. The normalized spacial score (nSPS) is 12.1. The van der Waals surface area contributed by atoms with Crippen LogP contribution in [0.2, 0.25) is 0 Å². The number of hydrogen-bond acceptors (Lipinski definition) is 0. The van der Waals surface area contributed by atoms with Crippen molar-refractivity contribution in [3.63, 3.8) is 0 Å². The van der Waals surface area contributed by atoms with Gasteiger partial charge < -0.3 is 0 Å². The second-order valence-electron chi connectivity index (χ2n) is 11.4. The fourth-order valence-corrected chi connectivity index (χ4v) is 6.03. The van der Waals surface area contributed by atoms with E-state index in [0.717, 1.165) is 0 Å². The lowest BCUT2D eigenvalue weighted by Gasteiger charge is -2.20. The highest BCUT2D eigenvalue weighted by Crippen LogP contribution is 2.51. The maximum absolute atomic E-state index is 2.41. The van der Waals surface area contributed by atoms with Crippen molar-refractivity contribution in [1.82, 2.24) is 0 Å². The van der Waals surface area contributed by atoms with Gasteiger partial charge in [0.05, 0.1) is 0 Å². The van der Waals surface area contributed by atoms with Crippen LogP contribution in [0.25, 0.3) is 66.4 Å².